The van der Waals surface area contributed by atoms with Crippen LogP contribution in [0, 0.1) is 0 Å². The van der Waals surface area contributed by atoms with Crippen LogP contribution in [0.2, 0.25) is 0 Å². The van der Waals surface area contributed by atoms with E-state index in [1.54, 1.807) is 12.3 Å². The Balaban J connectivity index is 2.42. The molecule has 0 saturated carbocycles. The summed E-state index contributed by atoms with van der Waals surface area (Å²) < 4.78 is 5.11. The zero-order valence-electron chi connectivity index (χ0n) is 7.75. The quantitative estimate of drug-likeness (QED) is 0.816. The minimum Gasteiger partial charge on any atom is -0.481 e. The van der Waals surface area contributed by atoms with Gasteiger partial charge in [-0.2, -0.15) is 0 Å². The molecule has 15 heavy (non-hydrogen) atoms. The predicted molar refractivity (Wildman–Crippen MR) is 51.1 cm³/mol. The van der Waals surface area contributed by atoms with Crippen LogP contribution in [0.1, 0.15) is 5.56 Å². The fraction of sp³-hybridized carbons (Fsp3) is 0.100. The molecule has 0 aliphatic carbocycles. The van der Waals surface area contributed by atoms with Gasteiger partial charge < -0.3 is 9.52 Å². The molecule has 0 radical (unpaired) electrons. The Morgan fingerprint density at radius 3 is 3.00 bits per heavy atom. The van der Waals surface area contributed by atoms with Crippen LogP contribution in [0.5, 0.6) is 0 Å². The maximum Gasteiger partial charge on any atom is 0.307 e. The lowest BCUT2D eigenvalue weighted by Gasteiger charge is -2.02. The number of carboxylic acids is 1. The number of hydrogen-bond donors (Lipinski definition) is 1. The van der Waals surface area contributed by atoms with Gasteiger partial charge in [0.15, 0.2) is 0 Å². The van der Waals surface area contributed by atoms with Crippen molar-refractivity contribution in [3.05, 3.63) is 36.5 Å². The van der Waals surface area contributed by atoms with E-state index < -0.39 is 5.97 Å². The molecule has 0 aromatic carbocycles. The van der Waals surface area contributed by atoms with Gasteiger partial charge in [-0.15, -0.1) is 0 Å². The topological polar surface area (TPSA) is 76.2 Å². The van der Waals surface area contributed by atoms with Crippen molar-refractivity contribution in [1.82, 2.24) is 9.97 Å². The second kappa shape index (κ2) is 3.91. The van der Waals surface area contributed by atoms with Crippen LogP contribution < -0.4 is 0 Å². The number of hydrogen-bond acceptors (Lipinski definition) is 4. The standard InChI is InChI=1S/C10H8N2O3/c13-9(14)5-7-6-11-2-1-8(7)10-12-3-4-15-10/h1-4,6H,5H2,(H,13,14). The monoisotopic (exact) mass is 204 g/mol. The summed E-state index contributed by atoms with van der Waals surface area (Å²) in [7, 11) is 0. The Kier molecular flexibility index (Phi) is 2.45. The van der Waals surface area contributed by atoms with Crippen molar-refractivity contribution >= 4 is 5.97 Å². The number of oxazole rings is 1. The molecule has 2 heterocycles. The molecule has 2 aromatic heterocycles. The largest absolute Gasteiger partial charge is 0.481 e. The van der Waals surface area contributed by atoms with E-state index in [-0.39, 0.29) is 6.42 Å². The van der Waals surface area contributed by atoms with E-state index in [9.17, 15) is 4.79 Å². The first-order chi connectivity index (χ1) is 7.27. The first-order valence-electron chi connectivity index (χ1n) is 4.32. The summed E-state index contributed by atoms with van der Waals surface area (Å²) in [5.74, 6) is -0.496. The van der Waals surface area contributed by atoms with Crippen LogP contribution in [-0.2, 0) is 11.2 Å². The number of rotatable bonds is 3. The molecular weight excluding hydrogens is 196 g/mol. The molecule has 0 fully saturated rings. The molecule has 1 N–H and O–H groups in total. The number of carboxylic acid groups (broad SMARTS) is 1. The second-order valence-electron chi connectivity index (χ2n) is 2.94. The van der Waals surface area contributed by atoms with E-state index in [2.05, 4.69) is 9.97 Å². The van der Waals surface area contributed by atoms with Gasteiger partial charge in [0.05, 0.1) is 12.6 Å². The molecule has 0 spiro atoms. The van der Waals surface area contributed by atoms with Crippen LogP contribution >= 0.6 is 0 Å². The first-order valence-corrected chi connectivity index (χ1v) is 4.32. The number of nitrogens with zero attached hydrogens (tertiary/aromatic N) is 2. The van der Waals surface area contributed by atoms with Gasteiger partial charge in [-0.3, -0.25) is 9.78 Å². The highest BCUT2D eigenvalue weighted by Gasteiger charge is 2.11. The highest BCUT2D eigenvalue weighted by Crippen LogP contribution is 2.21. The van der Waals surface area contributed by atoms with Gasteiger partial charge in [0, 0.05) is 18.0 Å². The van der Waals surface area contributed by atoms with Gasteiger partial charge in [0.25, 0.3) is 0 Å². The smallest absolute Gasteiger partial charge is 0.307 e. The predicted octanol–water partition coefficient (Wildman–Crippen LogP) is 1.36. The third kappa shape index (κ3) is 2.01. The molecule has 0 bridgehead atoms. The van der Waals surface area contributed by atoms with Crippen LogP contribution in [0.4, 0.5) is 0 Å². The highest BCUT2D eigenvalue weighted by atomic mass is 16.4. The van der Waals surface area contributed by atoms with Crippen molar-refractivity contribution < 1.29 is 14.3 Å². The van der Waals surface area contributed by atoms with Crippen molar-refractivity contribution in [3.8, 4) is 11.5 Å². The Labute approximate surface area is 85.4 Å². The molecule has 0 aliphatic heterocycles. The van der Waals surface area contributed by atoms with Gasteiger partial charge in [0.1, 0.15) is 6.26 Å². The maximum absolute atomic E-state index is 10.6. The molecule has 2 aromatic rings. The summed E-state index contributed by atoms with van der Waals surface area (Å²) >= 11 is 0. The summed E-state index contributed by atoms with van der Waals surface area (Å²) in [6.45, 7) is 0. The van der Waals surface area contributed by atoms with Crippen molar-refractivity contribution in [2.75, 3.05) is 0 Å². The molecule has 2 rings (SSSR count). The Morgan fingerprint density at radius 2 is 2.33 bits per heavy atom. The van der Waals surface area contributed by atoms with E-state index in [4.69, 9.17) is 9.52 Å². The molecule has 0 amide bonds. The molecular formula is C10H8N2O3. The molecule has 0 unspecified atom stereocenters. The van der Waals surface area contributed by atoms with Crippen molar-refractivity contribution in [2.45, 2.75) is 6.42 Å². The zero-order chi connectivity index (χ0) is 10.7. The van der Waals surface area contributed by atoms with Crippen molar-refractivity contribution in [3.63, 3.8) is 0 Å². The van der Waals surface area contributed by atoms with Gasteiger partial charge >= 0.3 is 5.97 Å². The summed E-state index contributed by atoms with van der Waals surface area (Å²) in [5, 5.41) is 8.71. The van der Waals surface area contributed by atoms with E-state index >= 15 is 0 Å². The Hall–Kier alpha value is -2.17. The van der Waals surface area contributed by atoms with Crippen LogP contribution in [-0.4, -0.2) is 21.0 Å². The third-order valence-corrected chi connectivity index (χ3v) is 1.91. The summed E-state index contributed by atoms with van der Waals surface area (Å²) in [6.07, 6.45) is 5.95. The minimum absolute atomic E-state index is 0.0917. The number of carbonyl (C=O) groups is 1. The molecule has 76 valence electrons. The van der Waals surface area contributed by atoms with Crippen molar-refractivity contribution in [2.24, 2.45) is 0 Å². The molecule has 5 heteroatoms. The SMILES string of the molecule is O=C(O)Cc1cnccc1-c1ncco1. The summed E-state index contributed by atoms with van der Waals surface area (Å²) in [5.41, 5.74) is 1.25. The van der Waals surface area contributed by atoms with Gasteiger partial charge in [0.2, 0.25) is 5.89 Å². The van der Waals surface area contributed by atoms with E-state index in [1.807, 2.05) is 0 Å². The van der Waals surface area contributed by atoms with Gasteiger partial charge in [-0.25, -0.2) is 4.98 Å². The highest BCUT2D eigenvalue weighted by molar-refractivity contribution is 5.73. The lowest BCUT2D eigenvalue weighted by atomic mass is 10.1. The normalized spacial score (nSPS) is 10.1. The van der Waals surface area contributed by atoms with Crippen molar-refractivity contribution in [1.29, 1.82) is 0 Å². The zero-order valence-corrected chi connectivity index (χ0v) is 7.75. The molecule has 0 saturated heterocycles. The maximum atomic E-state index is 10.6. The van der Waals surface area contributed by atoms with Gasteiger partial charge in [-0.05, 0) is 11.6 Å². The Morgan fingerprint density at radius 1 is 1.47 bits per heavy atom. The number of aliphatic carboxylic acids is 1. The lowest BCUT2D eigenvalue weighted by molar-refractivity contribution is -0.136. The minimum atomic E-state index is -0.907. The number of aromatic nitrogens is 2. The average Bonchev–Trinajstić information content (AvgIpc) is 2.70. The lowest BCUT2D eigenvalue weighted by Crippen LogP contribution is -2.02. The molecule has 0 atom stereocenters. The fourth-order valence-corrected chi connectivity index (χ4v) is 1.30. The molecule has 0 aliphatic rings. The Bertz CT molecular complexity index is 465. The molecule has 5 nitrogen and oxygen atoms in total. The first kappa shape index (κ1) is 9.39. The van der Waals surface area contributed by atoms with E-state index in [0.717, 1.165) is 0 Å². The number of pyridine rings is 1. The van der Waals surface area contributed by atoms with Gasteiger partial charge in [-0.1, -0.05) is 0 Å². The summed E-state index contributed by atoms with van der Waals surface area (Å²) in [6, 6.07) is 1.68. The average molecular weight is 204 g/mol. The third-order valence-electron chi connectivity index (χ3n) is 1.91. The van der Waals surface area contributed by atoms with E-state index in [0.29, 0.717) is 17.0 Å². The van der Waals surface area contributed by atoms with Crippen LogP contribution in [0.3, 0.4) is 0 Å². The fourth-order valence-electron chi connectivity index (χ4n) is 1.30. The second-order valence-corrected chi connectivity index (χ2v) is 2.94. The van der Waals surface area contributed by atoms with Crippen LogP contribution in [0.25, 0.3) is 11.5 Å². The summed E-state index contributed by atoms with van der Waals surface area (Å²) in [4.78, 5) is 18.5. The van der Waals surface area contributed by atoms with E-state index in [1.165, 1.54) is 18.7 Å². The van der Waals surface area contributed by atoms with Crippen LogP contribution in [0.15, 0.2) is 35.3 Å².